The monoisotopic (exact) mass is 296 g/mol. The van der Waals surface area contributed by atoms with E-state index in [1.54, 1.807) is 0 Å². The Labute approximate surface area is 130 Å². The second kappa shape index (κ2) is 5.81. The molecule has 0 heterocycles. The van der Waals surface area contributed by atoms with Crippen LogP contribution in [0, 0.1) is 6.92 Å². The average Bonchev–Trinajstić information content (AvgIpc) is 3.28. The van der Waals surface area contributed by atoms with E-state index in [1.165, 1.54) is 0 Å². The number of ether oxygens (including phenoxy) is 1. The largest absolute Gasteiger partial charge is 0.489 e. The fourth-order valence-corrected chi connectivity index (χ4v) is 2.22. The molecule has 0 aliphatic heterocycles. The van der Waals surface area contributed by atoms with Crippen molar-refractivity contribution in [2.24, 2.45) is 5.73 Å². The number of carbonyl (C=O) groups is 1. The predicted molar refractivity (Wildman–Crippen MR) is 86.7 cm³/mol. The lowest BCUT2D eigenvalue weighted by atomic mass is 10.1. The Morgan fingerprint density at radius 2 is 1.95 bits per heavy atom. The highest BCUT2D eigenvalue weighted by atomic mass is 16.5. The molecule has 2 aromatic rings. The molecule has 4 heteroatoms. The van der Waals surface area contributed by atoms with Crippen molar-refractivity contribution in [1.82, 2.24) is 0 Å². The van der Waals surface area contributed by atoms with Crippen molar-refractivity contribution in [2.45, 2.75) is 31.9 Å². The van der Waals surface area contributed by atoms with E-state index in [0.717, 1.165) is 35.4 Å². The van der Waals surface area contributed by atoms with E-state index in [0.29, 0.717) is 6.61 Å². The van der Waals surface area contributed by atoms with E-state index >= 15 is 0 Å². The van der Waals surface area contributed by atoms with Crippen molar-refractivity contribution in [3.63, 3.8) is 0 Å². The summed E-state index contributed by atoms with van der Waals surface area (Å²) in [4.78, 5) is 12.0. The lowest BCUT2D eigenvalue weighted by molar-refractivity contribution is -0.118. The number of rotatable bonds is 5. The lowest BCUT2D eigenvalue weighted by Crippen LogP contribution is -2.37. The molecule has 2 aromatic carbocycles. The Balaban J connectivity index is 1.63. The summed E-state index contributed by atoms with van der Waals surface area (Å²) in [5.41, 5.74) is 8.10. The standard InChI is InChI=1S/C18H20N2O2/c1-13-11-15(22-12-14-5-3-2-4-6-14)7-8-16(13)20-17(21)18(19)9-10-18/h2-8,11H,9-10,12,19H2,1H3,(H,20,21). The summed E-state index contributed by atoms with van der Waals surface area (Å²) >= 11 is 0. The Kier molecular flexibility index (Phi) is 3.86. The summed E-state index contributed by atoms with van der Waals surface area (Å²) in [6.45, 7) is 2.47. The van der Waals surface area contributed by atoms with Crippen molar-refractivity contribution in [3.05, 3.63) is 59.7 Å². The molecule has 114 valence electrons. The molecule has 3 N–H and O–H groups in total. The molecule has 1 aliphatic carbocycles. The Morgan fingerprint density at radius 1 is 1.23 bits per heavy atom. The van der Waals surface area contributed by atoms with Crippen molar-refractivity contribution in [1.29, 1.82) is 0 Å². The average molecular weight is 296 g/mol. The Bertz CT molecular complexity index is 679. The van der Waals surface area contributed by atoms with E-state index in [2.05, 4.69) is 5.32 Å². The van der Waals surface area contributed by atoms with Gasteiger partial charge in [0.25, 0.3) is 0 Å². The molecular formula is C18H20N2O2. The first kappa shape index (κ1) is 14.6. The van der Waals surface area contributed by atoms with E-state index in [4.69, 9.17) is 10.5 Å². The van der Waals surface area contributed by atoms with Crippen LogP contribution in [-0.4, -0.2) is 11.4 Å². The first-order chi connectivity index (χ1) is 10.6. The predicted octanol–water partition coefficient (Wildman–Crippen LogP) is 3.00. The number of nitrogens with one attached hydrogen (secondary N) is 1. The molecule has 0 radical (unpaired) electrons. The molecule has 1 saturated carbocycles. The normalized spacial score (nSPS) is 15.2. The van der Waals surface area contributed by atoms with Gasteiger partial charge in [-0.1, -0.05) is 30.3 Å². The van der Waals surface area contributed by atoms with Gasteiger partial charge in [-0.2, -0.15) is 0 Å². The third kappa shape index (κ3) is 3.28. The lowest BCUT2D eigenvalue weighted by Gasteiger charge is -2.14. The fraction of sp³-hybridized carbons (Fsp3) is 0.278. The fourth-order valence-electron chi connectivity index (χ4n) is 2.22. The van der Waals surface area contributed by atoms with Gasteiger partial charge in [-0.3, -0.25) is 4.79 Å². The number of hydrogen-bond donors (Lipinski definition) is 2. The van der Waals surface area contributed by atoms with Crippen molar-refractivity contribution >= 4 is 11.6 Å². The van der Waals surface area contributed by atoms with Gasteiger partial charge in [0.05, 0.1) is 5.54 Å². The maximum atomic E-state index is 12.0. The zero-order valence-electron chi connectivity index (χ0n) is 12.6. The molecule has 1 fully saturated rings. The Hall–Kier alpha value is -2.33. The van der Waals surface area contributed by atoms with Gasteiger partial charge in [-0.05, 0) is 49.1 Å². The van der Waals surface area contributed by atoms with Crippen LogP contribution in [0.25, 0.3) is 0 Å². The number of anilines is 1. The summed E-state index contributed by atoms with van der Waals surface area (Å²) in [7, 11) is 0. The molecular weight excluding hydrogens is 276 g/mol. The first-order valence-corrected chi connectivity index (χ1v) is 7.44. The second-order valence-electron chi connectivity index (χ2n) is 5.86. The minimum absolute atomic E-state index is 0.103. The molecule has 0 spiro atoms. The summed E-state index contributed by atoms with van der Waals surface area (Å²) in [6.07, 6.45) is 1.52. The van der Waals surface area contributed by atoms with Crippen molar-refractivity contribution < 1.29 is 9.53 Å². The van der Waals surface area contributed by atoms with Gasteiger partial charge < -0.3 is 15.8 Å². The quantitative estimate of drug-likeness (QED) is 0.891. The van der Waals surface area contributed by atoms with Crippen molar-refractivity contribution in [2.75, 3.05) is 5.32 Å². The van der Waals surface area contributed by atoms with Crippen LogP contribution >= 0.6 is 0 Å². The molecule has 4 nitrogen and oxygen atoms in total. The number of aryl methyl sites for hydroxylation is 1. The highest BCUT2D eigenvalue weighted by Gasteiger charge is 2.46. The van der Waals surface area contributed by atoms with Gasteiger partial charge in [0.15, 0.2) is 0 Å². The first-order valence-electron chi connectivity index (χ1n) is 7.44. The summed E-state index contributed by atoms with van der Waals surface area (Å²) in [5.74, 6) is 0.682. The topological polar surface area (TPSA) is 64.3 Å². The Morgan fingerprint density at radius 3 is 2.59 bits per heavy atom. The van der Waals surface area contributed by atoms with Crippen LogP contribution in [0.5, 0.6) is 5.75 Å². The number of amides is 1. The van der Waals surface area contributed by atoms with Gasteiger partial charge in [0.1, 0.15) is 12.4 Å². The van der Waals surface area contributed by atoms with Crippen LogP contribution in [0.1, 0.15) is 24.0 Å². The van der Waals surface area contributed by atoms with Crippen LogP contribution in [-0.2, 0) is 11.4 Å². The summed E-state index contributed by atoms with van der Waals surface area (Å²) in [6, 6.07) is 15.7. The maximum absolute atomic E-state index is 12.0. The van der Waals surface area contributed by atoms with Gasteiger partial charge in [0.2, 0.25) is 5.91 Å². The minimum Gasteiger partial charge on any atom is -0.489 e. The van der Waals surface area contributed by atoms with Crippen LogP contribution in [0.4, 0.5) is 5.69 Å². The smallest absolute Gasteiger partial charge is 0.244 e. The van der Waals surface area contributed by atoms with Crippen LogP contribution in [0.15, 0.2) is 48.5 Å². The molecule has 1 amide bonds. The van der Waals surface area contributed by atoms with Crippen LogP contribution < -0.4 is 15.8 Å². The SMILES string of the molecule is Cc1cc(OCc2ccccc2)ccc1NC(=O)C1(N)CC1. The van der Waals surface area contributed by atoms with E-state index in [9.17, 15) is 4.79 Å². The van der Waals surface area contributed by atoms with Crippen molar-refractivity contribution in [3.8, 4) is 5.75 Å². The number of carbonyl (C=O) groups excluding carboxylic acids is 1. The van der Waals surface area contributed by atoms with Crippen LogP contribution in [0.3, 0.4) is 0 Å². The number of nitrogens with two attached hydrogens (primary N) is 1. The molecule has 22 heavy (non-hydrogen) atoms. The molecule has 0 aromatic heterocycles. The van der Waals surface area contributed by atoms with E-state index in [-0.39, 0.29) is 5.91 Å². The molecule has 0 saturated heterocycles. The summed E-state index contributed by atoms with van der Waals surface area (Å²) < 4.78 is 5.78. The van der Waals surface area contributed by atoms with Gasteiger partial charge in [0, 0.05) is 5.69 Å². The molecule has 0 bridgehead atoms. The highest BCUT2D eigenvalue weighted by molar-refractivity contribution is 6.00. The molecule has 0 atom stereocenters. The molecule has 1 aliphatic rings. The van der Waals surface area contributed by atoms with E-state index < -0.39 is 5.54 Å². The maximum Gasteiger partial charge on any atom is 0.244 e. The van der Waals surface area contributed by atoms with Gasteiger partial charge in [-0.25, -0.2) is 0 Å². The summed E-state index contributed by atoms with van der Waals surface area (Å²) in [5, 5.41) is 2.89. The number of hydrogen-bond acceptors (Lipinski definition) is 3. The second-order valence-corrected chi connectivity index (χ2v) is 5.86. The zero-order valence-corrected chi connectivity index (χ0v) is 12.6. The minimum atomic E-state index is -0.658. The third-order valence-corrected chi connectivity index (χ3v) is 3.94. The highest BCUT2D eigenvalue weighted by Crippen LogP contribution is 2.34. The third-order valence-electron chi connectivity index (χ3n) is 3.94. The van der Waals surface area contributed by atoms with Gasteiger partial charge in [-0.15, -0.1) is 0 Å². The number of benzene rings is 2. The van der Waals surface area contributed by atoms with E-state index in [1.807, 2.05) is 55.5 Å². The van der Waals surface area contributed by atoms with Gasteiger partial charge >= 0.3 is 0 Å². The zero-order chi connectivity index (χ0) is 15.6. The molecule has 0 unspecified atom stereocenters. The van der Waals surface area contributed by atoms with Crippen LogP contribution in [0.2, 0.25) is 0 Å². The molecule has 3 rings (SSSR count).